The van der Waals surface area contributed by atoms with E-state index in [0.717, 1.165) is 17.9 Å². The van der Waals surface area contributed by atoms with Crippen molar-refractivity contribution < 1.29 is 9.90 Å². The fraction of sp³-hybridized carbons (Fsp3) is 0.562. The molecule has 1 unspecified atom stereocenters. The Kier molecular flexibility index (Phi) is 7.19. The molecule has 1 rings (SSSR count). The number of likely N-dealkylation sites (N-methyl/N-ethyl adjacent to an activating group) is 1. The Morgan fingerprint density at radius 1 is 1.33 bits per heavy atom. The van der Waals surface area contributed by atoms with Gasteiger partial charge in [0.2, 0.25) is 5.91 Å². The van der Waals surface area contributed by atoms with E-state index in [1.165, 1.54) is 0 Å². The monoisotopic (exact) mass is 293 g/mol. The summed E-state index contributed by atoms with van der Waals surface area (Å²) in [5, 5.41) is 11.9. The highest BCUT2D eigenvalue weighted by Crippen LogP contribution is 2.18. The highest BCUT2D eigenvalue weighted by Gasteiger charge is 2.13. The topological polar surface area (TPSA) is 78.6 Å². The lowest BCUT2D eigenvalue weighted by atomic mass is 10.0. The summed E-state index contributed by atoms with van der Waals surface area (Å²) in [4.78, 5) is 13.9. The number of carbonyl (C=O) groups excluding carboxylic acids is 1. The second-order valence-electron chi connectivity index (χ2n) is 5.51. The Morgan fingerprint density at radius 3 is 2.43 bits per heavy atom. The van der Waals surface area contributed by atoms with E-state index in [0.29, 0.717) is 13.0 Å². The summed E-state index contributed by atoms with van der Waals surface area (Å²) in [6.07, 6.45) is 0.324. The van der Waals surface area contributed by atoms with Crippen molar-refractivity contribution in [3.05, 3.63) is 24.3 Å². The molecule has 0 bridgehead atoms. The maximum absolute atomic E-state index is 11.9. The van der Waals surface area contributed by atoms with Crippen molar-refractivity contribution in [3.8, 4) is 0 Å². The van der Waals surface area contributed by atoms with Crippen LogP contribution in [0.1, 0.15) is 27.2 Å². The molecule has 5 nitrogen and oxygen atoms in total. The van der Waals surface area contributed by atoms with Crippen LogP contribution in [0.3, 0.4) is 0 Å². The molecule has 0 saturated carbocycles. The number of nitrogens with two attached hydrogens (primary N) is 1. The van der Waals surface area contributed by atoms with Gasteiger partial charge in [0.25, 0.3) is 0 Å². The minimum Gasteiger partial charge on any atom is -0.395 e. The molecule has 118 valence electrons. The van der Waals surface area contributed by atoms with Gasteiger partial charge in [-0.2, -0.15) is 0 Å². The quantitative estimate of drug-likeness (QED) is 0.683. The number of hydrogen-bond donors (Lipinski definition) is 3. The van der Waals surface area contributed by atoms with Crippen molar-refractivity contribution >= 4 is 17.3 Å². The summed E-state index contributed by atoms with van der Waals surface area (Å²) in [7, 11) is 0. The van der Waals surface area contributed by atoms with Crippen LogP contribution in [0.5, 0.6) is 0 Å². The van der Waals surface area contributed by atoms with E-state index in [4.69, 9.17) is 10.8 Å². The number of aliphatic hydroxyl groups excluding tert-OH is 1. The Morgan fingerprint density at radius 2 is 1.95 bits per heavy atom. The molecule has 1 amide bonds. The maximum atomic E-state index is 11.9. The number of amides is 1. The molecule has 0 aliphatic carbocycles. The number of anilines is 2. The summed E-state index contributed by atoms with van der Waals surface area (Å²) >= 11 is 0. The third-order valence-electron chi connectivity index (χ3n) is 3.55. The lowest BCUT2D eigenvalue weighted by molar-refractivity contribution is -0.116. The summed E-state index contributed by atoms with van der Waals surface area (Å²) in [5.41, 5.74) is 7.69. The van der Waals surface area contributed by atoms with Crippen molar-refractivity contribution in [2.24, 2.45) is 11.7 Å². The summed E-state index contributed by atoms with van der Waals surface area (Å²) in [6, 6.07) is 7.50. The highest BCUT2D eigenvalue weighted by molar-refractivity contribution is 5.91. The smallest absolute Gasteiger partial charge is 0.225 e. The van der Waals surface area contributed by atoms with E-state index in [1.54, 1.807) is 0 Å². The SMILES string of the molecule is CCN(CCO)c1ccc(NC(=O)CC(N)C(C)C)cc1. The second kappa shape index (κ2) is 8.64. The molecule has 1 aromatic rings. The fourth-order valence-corrected chi connectivity index (χ4v) is 2.01. The number of benzene rings is 1. The summed E-state index contributed by atoms with van der Waals surface area (Å²) in [6.45, 7) is 7.61. The average Bonchev–Trinajstić information content (AvgIpc) is 2.45. The predicted octanol–water partition coefficient (Wildman–Crippen LogP) is 1.82. The van der Waals surface area contributed by atoms with Crippen LogP contribution in [0, 0.1) is 5.92 Å². The fourth-order valence-electron chi connectivity index (χ4n) is 2.01. The molecule has 4 N–H and O–H groups in total. The first-order valence-corrected chi connectivity index (χ1v) is 7.49. The molecule has 5 heteroatoms. The molecule has 0 aromatic heterocycles. The van der Waals surface area contributed by atoms with Gasteiger partial charge < -0.3 is 21.1 Å². The number of hydrogen-bond acceptors (Lipinski definition) is 4. The Balaban J connectivity index is 2.60. The Labute approximate surface area is 127 Å². The first kappa shape index (κ1) is 17.5. The summed E-state index contributed by atoms with van der Waals surface area (Å²) in [5.74, 6) is 0.223. The van der Waals surface area contributed by atoms with Crippen molar-refractivity contribution in [1.82, 2.24) is 0 Å². The minimum atomic E-state index is -0.121. The zero-order valence-corrected chi connectivity index (χ0v) is 13.2. The molecule has 0 fully saturated rings. The standard InChI is InChI=1S/C16H27N3O2/c1-4-19(9-10-20)14-7-5-13(6-8-14)18-16(21)11-15(17)12(2)3/h5-8,12,15,20H,4,9-11,17H2,1-3H3,(H,18,21). The van der Waals surface area contributed by atoms with Crippen LogP contribution < -0.4 is 16.0 Å². The molecule has 0 aliphatic rings. The molecule has 0 spiro atoms. The third-order valence-corrected chi connectivity index (χ3v) is 3.55. The van der Waals surface area contributed by atoms with E-state index in [2.05, 4.69) is 10.2 Å². The van der Waals surface area contributed by atoms with Gasteiger partial charge in [-0.1, -0.05) is 13.8 Å². The third kappa shape index (κ3) is 5.73. The van der Waals surface area contributed by atoms with E-state index in [9.17, 15) is 4.79 Å². The molecule has 0 saturated heterocycles. The van der Waals surface area contributed by atoms with Gasteiger partial charge in [-0.3, -0.25) is 4.79 Å². The summed E-state index contributed by atoms with van der Waals surface area (Å²) < 4.78 is 0. The molecule has 0 radical (unpaired) electrons. The van der Waals surface area contributed by atoms with Crippen LogP contribution in [0.4, 0.5) is 11.4 Å². The van der Waals surface area contributed by atoms with Crippen molar-refractivity contribution in [1.29, 1.82) is 0 Å². The van der Waals surface area contributed by atoms with E-state index < -0.39 is 0 Å². The molecular weight excluding hydrogens is 266 g/mol. The second-order valence-corrected chi connectivity index (χ2v) is 5.51. The molecule has 21 heavy (non-hydrogen) atoms. The van der Waals surface area contributed by atoms with Crippen molar-refractivity contribution in [3.63, 3.8) is 0 Å². The molecule has 0 aliphatic heterocycles. The Bertz CT molecular complexity index is 432. The van der Waals surface area contributed by atoms with Crippen LogP contribution in [-0.4, -0.2) is 36.8 Å². The van der Waals surface area contributed by atoms with Gasteiger partial charge in [-0.25, -0.2) is 0 Å². The first-order chi connectivity index (χ1) is 9.97. The van der Waals surface area contributed by atoms with Crippen LogP contribution in [0.2, 0.25) is 0 Å². The van der Waals surface area contributed by atoms with Crippen LogP contribution in [0.15, 0.2) is 24.3 Å². The molecular formula is C16H27N3O2. The normalized spacial score (nSPS) is 12.3. The zero-order chi connectivity index (χ0) is 15.8. The maximum Gasteiger partial charge on any atom is 0.225 e. The van der Waals surface area contributed by atoms with E-state index >= 15 is 0 Å². The predicted molar refractivity (Wildman–Crippen MR) is 87.5 cm³/mol. The largest absolute Gasteiger partial charge is 0.395 e. The van der Waals surface area contributed by atoms with Crippen molar-refractivity contribution in [2.75, 3.05) is 29.9 Å². The van der Waals surface area contributed by atoms with Gasteiger partial charge in [0.15, 0.2) is 0 Å². The van der Waals surface area contributed by atoms with Crippen molar-refractivity contribution in [2.45, 2.75) is 33.2 Å². The van der Waals surface area contributed by atoms with Crippen LogP contribution in [0.25, 0.3) is 0 Å². The van der Waals surface area contributed by atoms with Gasteiger partial charge >= 0.3 is 0 Å². The average molecular weight is 293 g/mol. The number of rotatable bonds is 8. The highest BCUT2D eigenvalue weighted by atomic mass is 16.3. The van der Waals surface area contributed by atoms with Gasteiger partial charge in [-0.15, -0.1) is 0 Å². The zero-order valence-electron chi connectivity index (χ0n) is 13.2. The minimum absolute atomic E-state index is 0.0633. The van der Waals surface area contributed by atoms with E-state index in [-0.39, 0.29) is 24.5 Å². The van der Waals surface area contributed by atoms with Gasteiger partial charge in [0, 0.05) is 36.9 Å². The van der Waals surface area contributed by atoms with Crippen LogP contribution in [-0.2, 0) is 4.79 Å². The Hall–Kier alpha value is -1.59. The van der Waals surface area contributed by atoms with Gasteiger partial charge in [0.1, 0.15) is 0 Å². The lowest BCUT2D eigenvalue weighted by Gasteiger charge is -2.22. The van der Waals surface area contributed by atoms with Gasteiger partial charge in [-0.05, 0) is 37.1 Å². The van der Waals surface area contributed by atoms with Gasteiger partial charge in [0.05, 0.1) is 6.61 Å². The molecule has 1 aromatic carbocycles. The molecule has 0 heterocycles. The number of carbonyl (C=O) groups is 1. The van der Waals surface area contributed by atoms with Crippen LogP contribution >= 0.6 is 0 Å². The molecule has 1 atom stereocenters. The lowest BCUT2D eigenvalue weighted by Crippen LogP contribution is -2.31. The number of nitrogens with one attached hydrogen (secondary N) is 1. The first-order valence-electron chi connectivity index (χ1n) is 7.49. The van der Waals surface area contributed by atoms with E-state index in [1.807, 2.05) is 45.0 Å². The number of nitrogens with zero attached hydrogens (tertiary/aromatic N) is 1. The number of aliphatic hydroxyl groups is 1.